The molecule has 2 aromatic rings. The summed E-state index contributed by atoms with van der Waals surface area (Å²) in [6, 6.07) is 15.3. The molecule has 178 valence electrons. The zero-order chi connectivity index (χ0) is 22.9. The number of benzene rings is 2. The van der Waals surface area contributed by atoms with Crippen molar-refractivity contribution in [2.75, 3.05) is 23.8 Å². The van der Waals surface area contributed by atoms with Crippen LogP contribution < -0.4 is 20.1 Å². The van der Waals surface area contributed by atoms with E-state index >= 15 is 0 Å². The molecule has 0 saturated carbocycles. The first-order chi connectivity index (χ1) is 15.7. The number of thiocarbonyl (C=S) groups is 1. The smallest absolute Gasteiger partial charge is 0.494 e. The van der Waals surface area contributed by atoms with Crippen molar-refractivity contribution < 1.29 is 31.2 Å². The van der Waals surface area contributed by atoms with Gasteiger partial charge in [-0.25, -0.2) is 24.3 Å². The number of allylic oxidation sites excluding steroid dienone is 8. The molecule has 34 heavy (non-hydrogen) atoms. The van der Waals surface area contributed by atoms with Crippen LogP contribution in [0.3, 0.4) is 0 Å². The van der Waals surface area contributed by atoms with E-state index < -0.39 is 0 Å². The number of ether oxygens (including phenoxy) is 2. The van der Waals surface area contributed by atoms with E-state index in [1.807, 2.05) is 86.7 Å². The topological polar surface area (TPSA) is 42.5 Å². The first kappa shape index (κ1) is 31.7. The van der Waals surface area contributed by atoms with Gasteiger partial charge in [0.2, 0.25) is 0 Å². The van der Waals surface area contributed by atoms with E-state index in [0.717, 1.165) is 35.7 Å². The van der Waals surface area contributed by atoms with E-state index in [-0.39, 0.29) is 34.1 Å². The zero-order valence-electron chi connectivity index (χ0n) is 19.5. The van der Waals surface area contributed by atoms with Crippen molar-refractivity contribution in [3.63, 3.8) is 0 Å². The third-order valence-corrected chi connectivity index (χ3v) is 4.22. The van der Waals surface area contributed by atoms with Crippen LogP contribution in [0.15, 0.2) is 85.0 Å². The Morgan fingerprint density at radius 3 is 1.38 bits per heavy atom. The van der Waals surface area contributed by atoms with E-state index in [1.54, 1.807) is 0 Å². The Hall–Kier alpha value is -2.31. The Balaban J connectivity index is 0.000000746. The average molecular weight is 531 g/mol. The van der Waals surface area contributed by atoms with E-state index in [9.17, 15) is 0 Å². The molecule has 7 heteroatoms. The maximum atomic E-state index is 5.40. The van der Waals surface area contributed by atoms with Crippen molar-refractivity contribution >= 4 is 41.1 Å². The first-order valence-corrected chi connectivity index (χ1v) is 11.1. The molecule has 0 spiro atoms. The molecule has 4 nitrogen and oxygen atoms in total. The van der Waals surface area contributed by atoms with Gasteiger partial charge in [0.25, 0.3) is 0 Å². The molecule has 0 amide bonds. The van der Waals surface area contributed by atoms with Crippen molar-refractivity contribution in [1.82, 2.24) is 0 Å². The summed E-state index contributed by atoms with van der Waals surface area (Å²) < 4.78 is 10.8. The van der Waals surface area contributed by atoms with Gasteiger partial charge in [-0.15, -0.1) is 25.2 Å². The Morgan fingerprint density at radius 1 is 0.765 bits per heavy atom. The number of rotatable bonds is 6. The van der Waals surface area contributed by atoms with E-state index in [2.05, 4.69) is 34.9 Å². The van der Waals surface area contributed by atoms with Crippen molar-refractivity contribution in [2.45, 2.75) is 26.7 Å². The minimum absolute atomic E-state index is 0. The molecular weight excluding hydrogens is 500 g/mol. The standard InChI is InChI=1S/C17H20N2O2S.2C5H5.ClH.Ti/c1-3-20-15-9-5-13(6-10-15)18-17(22)19-14-7-11-16(12-8-14)21-4-2;2*1-2-4-5-3-1;;/h5-12H,3-4H2,1-2H3,(H2,18,19,22);2*1-3H,4H2;1H;/q;2*-1;;+2. The quantitative estimate of drug-likeness (QED) is 0.233. The minimum Gasteiger partial charge on any atom is -0.494 e. The summed E-state index contributed by atoms with van der Waals surface area (Å²) in [5, 5.41) is 6.80. The van der Waals surface area contributed by atoms with Gasteiger partial charge in [0, 0.05) is 11.4 Å². The van der Waals surface area contributed by atoms with Gasteiger partial charge in [0.15, 0.2) is 5.11 Å². The summed E-state index contributed by atoms with van der Waals surface area (Å²) >= 11 is 5.30. The van der Waals surface area contributed by atoms with Gasteiger partial charge in [-0.3, -0.25) is 12.2 Å². The van der Waals surface area contributed by atoms with Crippen LogP contribution in [0.2, 0.25) is 0 Å². The number of anilines is 2. The van der Waals surface area contributed by atoms with Gasteiger partial charge in [-0.2, -0.15) is 12.2 Å². The van der Waals surface area contributed by atoms with Crippen molar-refractivity contribution in [3.8, 4) is 11.5 Å². The second-order valence-electron chi connectivity index (χ2n) is 6.50. The summed E-state index contributed by atoms with van der Waals surface area (Å²) in [6.07, 6.45) is 20.0. The van der Waals surface area contributed by atoms with Crippen LogP contribution in [0.5, 0.6) is 11.5 Å². The van der Waals surface area contributed by atoms with E-state index in [4.69, 9.17) is 21.7 Å². The molecule has 0 atom stereocenters. The van der Waals surface area contributed by atoms with Crippen LogP contribution in [0.1, 0.15) is 26.7 Å². The van der Waals surface area contributed by atoms with Gasteiger partial charge in [0.1, 0.15) is 11.5 Å². The molecule has 2 N–H and O–H groups in total. The van der Waals surface area contributed by atoms with E-state index in [1.165, 1.54) is 0 Å². The average Bonchev–Trinajstić information content (AvgIpc) is 3.56. The number of nitrogens with one attached hydrogen (secondary N) is 2. The normalized spacial score (nSPS) is 11.6. The van der Waals surface area contributed by atoms with Gasteiger partial charge < -0.3 is 20.1 Å². The maximum absolute atomic E-state index is 5.40. The van der Waals surface area contributed by atoms with Crippen LogP contribution in [-0.2, 0) is 21.7 Å². The second kappa shape index (κ2) is 20.1. The van der Waals surface area contributed by atoms with Crippen LogP contribution >= 0.6 is 24.6 Å². The van der Waals surface area contributed by atoms with Crippen LogP contribution in [-0.4, -0.2) is 18.3 Å². The molecule has 0 fully saturated rings. The Kier molecular flexibility index (Phi) is 18.7. The molecule has 4 rings (SSSR count). The van der Waals surface area contributed by atoms with Gasteiger partial charge in [0.05, 0.1) is 13.2 Å². The number of hydrogen-bond donors (Lipinski definition) is 2. The predicted molar refractivity (Wildman–Crippen MR) is 145 cm³/mol. The summed E-state index contributed by atoms with van der Waals surface area (Å²) in [4.78, 5) is 0. The van der Waals surface area contributed by atoms with Gasteiger partial charge in [-0.1, -0.05) is 0 Å². The zero-order valence-corrected chi connectivity index (χ0v) is 22.7. The molecule has 0 bridgehead atoms. The first-order valence-electron chi connectivity index (χ1n) is 10.7. The fourth-order valence-corrected chi connectivity index (χ4v) is 2.81. The molecule has 2 aliphatic carbocycles. The van der Waals surface area contributed by atoms with Gasteiger partial charge in [-0.05, 0) is 74.6 Å². The van der Waals surface area contributed by atoms with E-state index in [0.29, 0.717) is 18.3 Å². The molecule has 0 heterocycles. The molecule has 0 aromatic heterocycles. The Bertz CT molecular complexity index is 831. The largest absolute Gasteiger partial charge is 2.00 e. The maximum Gasteiger partial charge on any atom is 2.00 e. The minimum atomic E-state index is 0. The fourth-order valence-electron chi connectivity index (χ4n) is 2.58. The Morgan fingerprint density at radius 2 is 1.15 bits per heavy atom. The van der Waals surface area contributed by atoms with Crippen molar-refractivity contribution in [2.24, 2.45) is 0 Å². The predicted octanol–water partition coefficient (Wildman–Crippen LogP) is 7.32. The van der Waals surface area contributed by atoms with Crippen LogP contribution in [0.25, 0.3) is 0 Å². The molecule has 0 radical (unpaired) electrons. The molecule has 2 aliphatic rings. The fraction of sp³-hybridized carbons (Fsp3) is 0.222. The van der Waals surface area contributed by atoms with Gasteiger partial charge >= 0.3 is 21.7 Å². The second-order valence-corrected chi connectivity index (χ2v) is 6.91. The molecule has 2 aromatic carbocycles. The third kappa shape index (κ3) is 14.1. The SMILES string of the molecule is CCOc1ccc(NC(=S)Nc2ccc(OCC)cc2)cc1.Cl.[C-]1=CC=CC1.[C-]1=CC=CC1.[Ti+2]. The van der Waals surface area contributed by atoms with Crippen LogP contribution in [0, 0.1) is 12.2 Å². The summed E-state index contributed by atoms with van der Waals surface area (Å²) in [5.41, 5.74) is 1.82. The summed E-state index contributed by atoms with van der Waals surface area (Å²) in [5.74, 6) is 1.69. The molecule has 0 unspecified atom stereocenters. The Labute approximate surface area is 230 Å². The van der Waals surface area contributed by atoms with Crippen molar-refractivity contribution in [3.05, 3.63) is 97.1 Å². The monoisotopic (exact) mass is 530 g/mol. The number of hydrogen-bond acceptors (Lipinski definition) is 3. The summed E-state index contributed by atoms with van der Waals surface area (Å²) in [6.45, 7) is 5.24. The third-order valence-electron chi connectivity index (χ3n) is 4.02. The number of halogens is 1. The summed E-state index contributed by atoms with van der Waals surface area (Å²) in [7, 11) is 0. The van der Waals surface area contributed by atoms with Crippen molar-refractivity contribution in [1.29, 1.82) is 0 Å². The molecule has 0 aliphatic heterocycles. The molecule has 0 saturated heterocycles. The van der Waals surface area contributed by atoms with Crippen LogP contribution in [0.4, 0.5) is 11.4 Å². The molecular formula is C27H31ClN2O2STi.